The number of hydrogen-bond acceptors (Lipinski definition) is 1. The first-order valence-electron chi connectivity index (χ1n) is 6.97. The minimum Gasteiger partial charge on any atom is -0.313 e. The molecule has 0 aliphatic carbocycles. The summed E-state index contributed by atoms with van der Waals surface area (Å²) in [4.78, 5) is 0. The van der Waals surface area contributed by atoms with E-state index in [0.29, 0.717) is 5.56 Å². The molecule has 1 saturated heterocycles. The summed E-state index contributed by atoms with van der Waals surface area (Å²) in [5.74, 6) is -1.42. The van der Waals surface area contributed by atoms with Crippen molar-refractivity contribution in [2.75, 3.05) is 6.54 Å². The average Bonchev–Trinajstić information content (AvgIpc) is 2.91. The average molecular weight is 273 g/mol. The molecule has 0 spiro atoms. The van der Waals surface area contributed by atoms with Crippen molar-refractivity contribution in [1.82, 2.24) is 5.32 Å². The fraction of sp³-hybridized carbons (Fsp3) is 0.294. The van der Waals surface area contributed by atoms with Gasteiger partial charge in [0.05, 0.1) is 0 Å². The van der Waals surface area contributed by atoms with Crippen LogP contribution in [0, 0.1) is 11.6 Å². The second-order valence-corrected chi connectivity index (χ2v) is 5.29. The third kappa shape index (κ3) is 2.59. The van der Waals surface area contributed by atoms with Gasteiger partial charge in [0.1, 0.15) is 0 Å². The van der Waals surface area contributed by atoms with Crippen molar-refractivity contribution < 1.29 is 8.78 Å². The van der Waals surface area contributed by atoms with Gasteiger partial charge in [-0.2, -0.15) is 0 Å². The predicted octanol–water partition coefficient (Wildman–Crippen LogP) is 3.65. The number of halogens is 2. The largest absolute Gasteiger partial charge is 0.313 e. The lowest BCUT2D eigenvalue weighted by Gasteiger charge is -2.20. The van der Waals surface area contributed by atoms with E-state index < -0.39 is 11.6 Å². The van der Waals surface area contributed by atoms with Gasteiger partial charge in [0.2, 0.25) is 0 Å². The summed E-state index contributed by atoms with van der Waals surface area (Å²) in [6.45, 7) is 0.845. The minimum absolute atomic E-state index is 0.0332. The van der Waals surface area contributed by atoms with Crippen LogP contribution >= 0.6 is 0 Å². The van der Waals surface area contributed by atoms with Crippen LogP contribution in [0.2, 0.25) is 0 Å². The minimum atomic E-state index is -0.757. The summed E-state index contributed by atoms with van der Waals surface area (Å²) in [5.41, 5.74) is 1.71. The van der Waals surface area contributed by atoms with Gasteiger partial charge in [0.25, 0.3) is 0 Å². The van der Waals surface area contributed by atoms with Gasteiger partial charge in [-0.05, 0) is 36.6 Å². The van der Waals surface area contributed by atoms with E-state index in [-0.39, 0.29) is 12.0 Å². The zero-order chi connectivity index (χ0) is 13.9. The van der Waals surface area contributed by atoms with E-state index in [4.69, 9.17) is 0 Å². The van der Waals surface area contributed by atoms with Crippen molar-refractivity contribution >= 4 is 0 Å². The van der Waals surface area contributed by atoms with Gasteiger partial charge < -0.3 is 5.32 Å². The van der Waals surface area contributed by atoms with Crippen LogP contribution in [0.25, 0.3) is 0 Å². The standard InChI is InChI=1S/C17H17F2N/c18-15-8-4-7-14(17(15)19)13-9-10-20-16(13)11-12-5-2-1-3-6-12/h1-8,13,16,20H,9-11H2. The zero-order valence-electron chi connectivity index (χ0n) is 11.2. The molecule has 0 saturated carbocycles. The molecule has 2 aromatic carbocycles. The van der Waals surface area contributed by atoms with E-state index in [0.717, 1.165) is 19.4 Å². The molecule has 2 unspecified atom stereocenters. The summed E-state index contributed by atoms with van der Waals surface area (Å²) in [7, 11) is 0. The highest BCUT2D eigenvalue weighted by molar-refractivity contribution is 5.27. The lowest BCUT2D eigenvalue weighted by molar-refractivity contribution is 0.470. The van der Waals surface area contributed by atoms with E-state index in [1.54, 1.807) is 12.1 Å². The number of nitrogens with one attached hydrogen (secondary N) is 1. The Morgan fingerprint density at radius 1 is 1.00 bits per heavy atom. The molecule has 3 heteroatoms. The molecular weight excluding hydrogens is 256 g/mol. The molecular formula is C17H17F2N. The van der Waals surface area contributed by atoms with Gasteiger partial charge >= 0.3 is 0 Å². The number of rotatable bonds is 3. The van der Waals surface area contributed by atoms with Crippen molar-refractivity contribution in [3.63, 3.8) is 0 Å². The fourth-order valence-electron chi connectivity index (χ4n) is 3.03. The molecule has 1 nitrogen and oxygen atoms in total. The Kier molecular flexibility index (Phi) is 3.79. The Hall–Kier alpha value is -1.74. The molecule has 0 aromatic heterocycles. The Bertz CT molecular complexity index is 583. The molecule has 1 aliphatic rings. The third-order valence-corrected chi connectivity index (χ3v) is 4.03. The van der Waals surface area contributed by atoms with Crippen LogP contribution in [0.15, 0.2) is 48.5 Å². The Morgan fingerprint density at radius 2 is 1.80 bits per heavy atom. The van der Waals surface area contributed by atoms with Gasteiger partial charge in [0, 0.05) is 12.0 Å². The van der Waals surface area contributed by atoms with E-state index in [9.17, 15) is 8.78 Å². The summed E-state index contributed by atoms with van der Waals surface area (Å²) in [5, 5.41) is 3.41. The first-order valence-corrected chi connectivity index (χ1v) is 6.97. The van der Waals surface area contributed by atoms with Crippen molar-refractivity contribution in [2.45, 2.75) is 24.8 Å². The molecule has 104 valence electrons. The van der Waals surface area contributed by atoms with Crippen molar-refractivity contribution in [3.05, 3.63) is 71.3 Å². The molecule has 0 radical (unpaired) electrons. The molecule has 1 fully saturated rings. The van der Waals surface area contributed by atoms with Crippen LogP contribution in [-0.2, 0) is 6.42 Å². The quantitative estimate of drug-likeness (QED) is 0.900. The highest BCUT2D eigenvalue weighted by Crippen LogP contribution is 2.32. The summed E-state index contributed by atoms with van der Waals surface area (Å²) >= 11 is 0. The molecule has 20 heavy (non-hydrogen) atoms. The highest BCUT2D eigenvalue weighted by atomic mass is 19.2. The Labute approximate surface area is 117 Å². The highest BCUT2D eigenvalue weighted by Gasteiger charge is 2.30. The number of hydrogen-bond donors (Lipinski definition) is 1. The van der Waals surface area contributed by atoms with Crippen LogP contribution in [-0.4, -0.2) is 12.6 Å². The van der Waals surface area contributed by atoms with Crippen molar-refractivity contribution in [2.24, 2.45) is 0 Å². The van der Waals surface area contributed by atoms with Gasteiger partial charge in [-0.1, -0.05) is 42.5 Å². The van der Waals surface area contributed by atoms with Crippen LogP contribution in [0.1, 0.15) is 23.5 Å². The lowest BCUT2D eigenvalue weighted by Crippen LogP contribution is -2.28. The second kappa shape index (κ2) is 5.71. The molecule has 0 amide bonds. The molecule has 1 N–H and O–H groups in total. The van der Waals surface area contributed by atoms with Crippen molar-refractivity contribution in [3.8, 4) is 0 Å². The van der Waals surface area contributed by atoms with Gasteiger partial charge in [0.15, 0.2) is 11.6 Å². The van der Waals surface area contributed by atoms with Gasteiger partial charge in [-0.25, -0.2) is 8.78 Å². The van der Waals surface area contributed by atoms with E-state index in [1.807, 2.05) is 18.2 Å². The van der Waals surface area contributed by atoms with E-state index in [1.165, 1.54) is 11.6 Å². The maximum Gasteiger partial charge on any atom is 0.162 e. The molecule has 2 atom stereocenters. The van der Waals surface area contributed by atoms with E-state index in [2.05, 4.69) is 17.4 Å². The van der Waals surface area contributed by atoms with Gasteiger partial charge in [-0.15, -0.1) is 0 Å². The summed E-state index contributed by atoms with van der Waals surface area (Å²) < 4.78 is 27.4. The van der Waals surface area contributed by atoms with Gasteiger partial charge in [-0.3, -0.25) is 0 Å². The third-order valence-electron chi connectivity index (χ3n) is 4.03. The van der Waals surface area contributed by atoms with E-state index >= 15 is 0 Å². The van der Waals surface area contributed by atoms with Crippen LogP contribution in [0.3, 0.4) is 0 Å². The van der Waals surface area contributed by atoms with Crippen LogP contribution in [0.4, 0.5) is 8.78 Å². The zero-order valence-corrected chi connectivity index (χ0v) is 11.2. The predicted molar refractivity (Wildman–Crippen MR) is 75.7 cm³/mol. The maximum atomic E-state index is 14.0. The topological polar surface area (TPSA) is 12.0 Å². The number of benzene rings is 2. The monoisotopic (exact) mass is 273 g/mol. The normalized spacial score (nSPS) is 22.1. The Morgan fingerprint density at radius 3 is 2.60 bits per heavy atom. The summed E-state index contributed by atoms with van der Waals surface area (Å²) in [6, 6.07) is 14.7. The Balaban J connectivity index is 1.84. The first-order chi connectivity index (χ1) is 9.75. The SMILES string of the molecule is Fc1cccc(C2CCNC2Cc2ccccc2)c1F. The smallest absolute Gasteiger partial charge is 0.162 e. The maximum absolute atomic E-state index is 14.0. The first kappa shape index (κ1) is 13.3. The van der Waals surface area contributed by atoms with Crippen LogP contribution < -0.4 is 5.32 Å². The van der Waals surface area contributed by atoms with Crippen LogP contribution in [0.5, 0.6) is 0 Å². The molecule has 1 heterocycles. The van der Waals surface area contributed by atoms with Crippen molar-refractivity contribution in [1.29, 1.82) is 0 Å². The second-order valence-electron chi connectivity index (χ2n) is 5.29. The molecule has 0 bridgehead atoms. The summed E-state index contributed by atoms with van der Waals surface area (Å²) in [6.07, 6.45) is 1.68. The molecule has 2 aromatic rings. The molecule has 1 aliphatic heterocycles. The lowest BCUT2D eigenvalue weighted by atomic mass is 9.88. The fourth-order valence-corrected chi connectivity index (χ4v) is 3.03. The molecule has 3 rings (SSSR count).